The number of allylic oxidation sites excluding steroid dienone is 5. The first-order valence-electron chi connectivity index (χ1n) is 7.01. The molecule has 4 nitrogen and oxygen atoms in total. The summed E-state index contributed by atoms with van der Waals surface area (Å²) in [4.78, 5) is 11.2. The summed E-state index contributed by atoms with van der Waals surface area (Å²) in [5.41, 5.74) is 7.14. The summed E-state index contributed by atoms with van der Waals surface area (Å²) >= 11 is 0. The molecular weight excluding hydrogens is 283 g/mol. The Kier molecular flexibility index (Phi) is 8.60. The number of nitrogens with one attached hydrogen (secondary N) is 1. The molecule has 4 N–H and O–H groups in total. The lowest BCUT2D eigenvalue weighted by Crippen LogP contribution is -2.32. The topological polar surface area (TPSA) is 75.3 Å². The third-order valence-electron chi connectivity index (χ3n) is 3.14. The lowest BCUT2D eigenvalue weighted by atomic mass is 9.99. The van der Waals surface area contributed by atoms with E-state index in [1.54, 1.807) is 32.9 Å². The molecule has 0 aromatic rings. The van der Waals surface area contributed by atoms with E-state index < -0.39 is 11.9 Å². The fourth-order valence-corrected chi connectivity index (χ4v) is 1.79. The Morgan fingerprint density at radius 1 is 1.41 bits per heavy atom. The van der Waals surface area contributed by atoms with Crippen molar-refractivity contribution in [3.8, 4) is 0 Å². The molecule has 0 heterocycles. The largest absolute Gasteiger partial charge is 0.481 e. The number of carboxylic acid groups (broad SMARTS) is 1. The number of aliphatic carboxylic acids is 1. The molecule has 5 heteroatoms. The smallest absolute Gasteiger partial charge is 0.312 e. The van der Waals surface area contributed by atoms with Gasteiger partial charge < -0.3 is 16.2 Å². The molecule has 122 valence electrons. The van der Waals surface area contributed by atoms with Crippen molar-refractivity contribution in [1.29, 1.82) is 0 Å². The Bertz CT molecular complexity index is 531. The summed E-state index contributed by atoms with van der Waals surface area (Å²) in [5.74, 6) is -2.07. The molecule has 2 atom stereocenters. The maximum Gasteiger partial charge on any atom is 0.312 e. The highest BCUT2D eigenvalue weighted by Crippen LogP contribution is 2.19. The van der Waals surface area contributed by atoms with E-state index in [4.69, 9.17) is 10.8 Å². The second-order valence-corrected chi connectivity index (χ2v) is 4.99. The Morgan fingerprint density at radius 3 is 2.41 bits per heavy atom. The summed E-state index contributed by atoms with van der Waals surface area (Å²) < 4.78 is 13.5. The van der Waals surface area contributed by atoms with E-state index in [-0.39, 0.29) is 11.9 Å². The van der Waals surface area contributed by atoms with Crippen LogP contribution in [0.1, 0.15) is 27.7 Å². The van der Waals surface area contributed by atoms with Crippen molar-refractivity contribution in [2.75, 3.05) is 0 Å². The summed E-state index contributed by atoms with van der Waals surface area (Å²) in [7, 11) is 0. The van der Waals surface area contributed by atoms with Gasteiger partial charge in [-0.05, 0) is 57.7 Å². The maximum absolute atomic E-state index is 13.5. The minimum Gasteiger partial charge on any atom is -0.481 e. The van der Waals surface area contributed by atoms with Gasteiger partial charge in [0.2, 0.25) is 0 Å². The first-order valence-corrected chi connectivity index (χ1v) is 7.01. The monoisotopic (exact) mass is 308 g/mol. The van der Waals surface area contributed by atoms with Gasteiger partial charge in [-0.1, -0.05) is 18.2 Å². The molecule has 0 aliphatic carbocycles. The molecule has 0 aromatic carbocycles. The third kappa shape index (κ3) is 6.43. The van der Waals surface area contributed by atoms with Crippen LogP contribution in [0, 0.1) is 5.92 Å². The van der Waals surface area contributed by atoms with Crippen LogP contribution in [0.2, 0.25) is 0 Å². The lowest BCUT2D eigenvalue weighted by molar-refractivity contribution is -0.140. The van der Waals surface area contributed by atoms with Gasteiger partial charge in [-0.25, -0.2) is 4.39 Å². The van der Waals surface area contributed by atoms with Crippen molar-refractivity contribution in [3.05, 3.63) is 59.8 Å². The van der Waals surface area contributed by atoms with Crippen LogP contribution in [-0.2, 0) is 4.79 Å². The highest BCUT2D eigenvalue weighted by molar-refractivity contribution is 5.73. The summed E-state index contributed by atoms with van der Waals surface area (Å²) in [6, 6.07) is -0.303. The van der Waals surface area contributed by atoms with Gasteiger partial charge in [0.25, 0.3) is 0 Å². The van der Waals surface area contributed by atoms with Gasteiger partial charge in [-0.3, -0.25) is 4.79 Å². The standard InChI is InChI=1S/C17H25FN2O2/c1-6-14(18)10-15(11(2)3)13(5)20-16(8-7-9-19)12(4)17(21)22/h6-10,12-13,20H,2,19H2,1,3-5H3,(H,21,22)/b9-7-,14-6+,15-10+,16-8+. The van der Waals surface area contributed by atoms with Gasteiger partial charge in [0, 0.05) is 11.7 Å². The number of nitrogens with two attached hydrogens (primary N) is 1. The van der Waals surface area contributed by atoms with Crippen LogP contribution in [0.5, 0.6) is 0 Å². The van der Waals surface area contributed by atoms with Crippen LogP contribution in [0.15, 0.2) is 59.8 Å². The molecule has 0 aliphatic rings. The first kappa shape index (κ1) is 19.7. The van der Waals surface area contributed by atoms with Crippen LogP contribution in [0.25, 0.3) is 0 Å². The first-order chi connectivity index (χ1) is 10.2. The molecule has 0 spiro atoms. The number of hydrogen-bond donors (Lipinski definition) is 3. The van der Waals surface area contributed by atoms with E-state index >= 15 is 0 Å². The predicted molar refractivity (Wildman–Crippen MR) is 88.6 cm³/mol. The average Bonchev–Trinajstić information content (AvgIpc) is 2.46. The number of hydrogen-bond acceptors (Lipinski definition) is 3. The lowest BCUT2D eigenvalue weighted by Gasteiger charge is -2.23. The highest BCUT2D eigenvalue weighted by Gasteiger charge is 2.19. The van der Waals surface area contributed by atoms with Gasteiger partial charge in [-0.15, -0.1) is 0 Å². The Hall–Kier alpha value is -2.30. The van der Waals surface area contributed by atoms with Crippen LogP contribution < -0.4 is 11.1 Å². The van der Waals surface area contributed by atoms with Crippen LogP contribution in [-0.4, -0.2) is 17.1 Å². The summed E-state index contributed by atoms with van der Waals surface area (Å²) in [5, 5.41) is 12.3. The molecule has 0 bridgehead atoms. The van der Waals surface area contributed by atoms with Crippen molar-refractivity contribution in [2.45, 2.75) is 33.7 Å². The number of rotatable bonds is 8. The zero-order valence-corrected chi connectivity index (χ0v) is 13.6. The molecule has 0 aromatic heterocycles. The minimum absolute atomic E-state index is 0.303. The molecule has 0 saturated heterocycles. The van der Waals surface area contributed by atoms with Crippen molar-refractivity contribution in [2.24, 2.45) is 11.7 Å². The molecule has 0 radical (unpaired) electrons. The van der Waals surface area contributed by atoms with Crippen molar-refractivity contribution < 1.29 is 14.3 Å². The Balaban J connectivity index is 5.47. The molecule has 0 amide bonds. The van der Waals surface area contributed by atoms with Crippen molar-refractivity contribution in [3.63, 3.8) is 0 Å². The number of halogens is 1. The van der Waals surface area contributed by atoms with Crippen LogP contribution in [0.4, 0.5) is 4.39 Å². The molecule has 22 heavy (non-hydrogen) atoms. The summed E-state index contributed by atoms with van der Waals surface area (Å²) in [6.45, 7) is 10.6. The van der Waals surface area contributed by atoms with E-state index in [1.165, 1.54) is 18.4 Å². The molecule has 2 unspecified atom stereocenters. The second kappa shape index (κ2) is 9.60. The van der Waals surface area contributed by atoms with Gasteiger partial charge in [0.05, 0.1) is 5.92 Å². The van der Waals surface area contributed by atoms with E-state index in [0.717, 1.165) is 0 Å². The van der Waals surface area contributed by atoms with Gasteiger partial charge in [-0.2, -0.15) is 0 Å². The highest BCUT2D eigenvalue weighted by atomic mass is 19.1. The molecule has 0 saturated carbocycles. The normalized spacial score (nSPS) is 16.5. The zero-order valence-electron chi connectivity index (χ0n) is 13.6. The minimum atomic E-state index is -0.961. The number of carboxylic acids is 1. The van der Waals surface area contributed by atoms with Gasteiger partial charge >= 0.3 is 5.97 Å². The van der Waals surface area contributed by atoms with Crippen LogP contribution >= 0.6 is 0 Å². The molecule has 0 fully saturated rings. The van der Waals surface area contributed by atoms with Gasteiger partial charge in [0.1, 0.15) is 5.83 Å². The maximum atomic E-state index is 13.5. The van der Waals surface area contributed by atoms with E-state index in [9.17, 15) is 9.18 Å². The fourth-order valence-electron chi connectivity index (χ4n) is 1.79. The fraction of sp³-hybridized carbons (Fsp3) is 0.353. The Labute approximate surface area is 131 Å². The zero-order chi connectivity index (χ0) is 17.3. The predicted octanol–water partition coefficient (Wildman–Crippen LogP) is 3.42. The van der Waals surface area contributed by atoms with Crippen molar-refractivity contribution in [1.82, 2.24) is 5.32 Å². The molecular formula is C17H25FN2O2. The Morgan fingerprint density at radius 2 is 2.00 bits per heavy atom. The summed E-state index contributed by atoms with van der Waals surface area (Å²) in [6.07, 6.45) is 7.20. The van der Waals surface area contributed by atoms with Crippen molar-refractivity contribution >= 4 is 5.97 Å². The number of carbonyl (C=O) groups is 1. The quantitative estimate of drug-likeness (QED) is 0.601. The van der Waals surface area contributed by atoms with Crippen LogP contribution in [0.3, 0.4) is 0 Å². The second-order valence-electron chi connectivity index (χ2n) is 4.99. The third-order valence-corrected chi connectivity index (χ3v) is 3.14. The van der Waals surface area contributed by atoms with E-state index in [2.05, 4.69) is 11.9 Å². The molecule has 0 rings (SSSR count). The average molecular weight is 308 g/mol. The van der Waals surface area contributed by atoms with Gasteiger partial charge in [0.15, 0.2) is 0 Å². The van der Waals surface area contributed by atoms with E-state index in [1.807, 2.05) is 6.92 Å². The van der Waals surface area contributed by atoms with E-state index in [0.29, 0.717) is 16.8 Å². The molecule has 0 aliphatic heterocycles. The SMILES string of the molecule is C=C(C)/C(=C\C(F)=C/C)C(C)N/C(=C/C=C\N)C(C)C(=O)O.